The number of H-pyrrole nitrogens is 1. The van der Waals surface area contributed by atoms with Crippen molar-refractivity contribution in [3.63, 3.8) is 0 Å². The van der Waals surface area contributed by atoms with Crippen LogP contribution in [0.2, 0.25) is 0 Å². The minimum atomic E-state index is -0.0828. The van der Waals surface area contributed by atoms with Crippen molar-refractivity contribution in [3.8, 4) is 11.3 Å². The smallest absolute Gasteiger partial charge is 0.254 e. The predicted octanol–water partition coefficient (Wildman–Crippen LogP) is 2.05. The molecule has 0 radical (unpaired) electrons. The van der Waals surface area contributed by atoms with Gasteiger partial charge in [0, 0.05) is 11.1 Å². The maximum Gasteiger partial charge on any atom is 0.254 e. The summed E-state index contributed by atoms with van der Waals surface area (Å²) >= 11 is 0. The minimum Gasteiger partial charge on any atom is -0.313 e. The Kier molecular flexibility index (Phi) is 2.37. The van der Waals surface area contributed by atoms with E-state index < -0.39 is 0 Å². The van der Waals surface area contributed by atoms with Gasteiger partial charge < -0.3 is 4.98 Å². The quantitative estimate of drug-likeness (QED) is 0.765. The van der Waals surface area contributed by atoms with Crippen molar-refractivity contribution in [3.05, 3.63) is 52.1 Å². The van der Waals surface area contributed by atoms with Gasteiger partial charge in [-0.3, -0.25) is 4.79 Å². The van der Waals surface area contributed by atoms with Crippen LogP contribution in [0.15, 0.2) is 35.4 Å². The SMILES string of the molecule is Cc1ccc(-c2nc[nH]c(=O)c2C)cc1. The topological polar surface area (TPSA) is 45.8 Å². The number of rotatable bonds is 1. The summed E-state index contributed by atoms with van der Waals surface area (Å²) in [6, 6.07) is 7.98. The van der Waals surface area contributed by atoms with Crippen LogP contribution >= 0.6 is 0 Å². The number of benzene rings is 1. The lowest BCUT2D eigenvalue weighted by Gasteiger charge is -2.03. The zero-order valence-electron chi connectivity index (χ0n) is 8.74. The predicted molar refractivity (Wildman–Crippen MR) is 59.8 cm³/mol. The van der Waals surface area contributed by atoms with Crippen LogP contribution in [-0.2, 0) is 0 Å². The van der Waals surface area contributed by atoms with E-state index in [1.807, 2.05) is 31.2 Å². The van der Waals surface area contributed by atoms with Crippen LogP contribution in [0.4, 0.5) is 0 Å². The van der Waals surface area contributed by atoms with Crippen molar-refractivity contribution in [2.75, 3.05) is 0 Å². The highest BCUT2D eigenvalue weighted by Crippen LogP contribution is 2.18. The first kappa shape index (κ1) is 9.65. The van der Waals surface area contributed by atoms with E-state index in [1.165, 1.54) is 11.9 Å². The van der Waals surface area contributed by atoms with Gasteiger partial charge in [-0.05, 0) is 13.8 Å². The molecule has 0 spiro atoms. The molecule has 2 rings (SSSR count). The molecule has 2 aromatic rings. The zero-order chi connectivity index (χ0) is 10.8. The molecule has 0 amide bonds. The van der Waals surface area contributed by atoms with E-state index in [1.54, 1.807) is 6.92 Å². The lowest BCUT2D eigenvalue weighted by Crippen LogP contribution is -2.11. The molecule has 0 aliphatic rings. The number of hydrogen-bond donors (Lipinski definition) is 1. The molecule has 0 saturated carbocycles. The summed E-state index contributed by atoms with van der Waals surface area (Å²) < 4.78 is 0. The van der Waals surface area contributed by atoms with Gasteiger partial charge in [-0.1, -0.05) is 29.8 Å². The molecule has 0 aliphatic heterocycles. The first-order valence-electron chi connectivity index (χ1n) is 4.80. The van der Waals surface area contributed by atoms with Gasteiger partial charge in [0.05, 0.1) is 12.0 Å². The van der Waals surface area contributed by atoms with Crippen LogP contribution < -0.4 is 5.56 Å². The second-order valence-electron chi connectivity index (χ2n) is 3.57. The molecule has 0 aliphatic carbocycles. The molecule has 1 N–H and O–H groups in total. The molecular formula is C12H12N2O. The molecule has 1 heterocycles. The van der Waals surface area contributed by atoms with Gasteiger partial charge in [0.15, 0.2) is 0 Å². The van der Waals surface area contributed by atoms with E-state index in [0.717, 1.165) is 11.3 Å². The first-order valence-corrected chi connectivity index (χ1v) is 4.80. The summed E-state index contributed by atoms with van der Waals surface area (Å²) in [5.74, 6) is 0. The Hall–Kier alpha value is -1.90. The maximum atomic E-state index is 11.4. The number of aromatic amines is 1. The Morgan fingerprint density at radius 1 is 1.13 bits per heavy atom. The van der Waals surface area contributed by atoms with Crippen molar-refractivity contribution in [1.29, 1.82) is 0 Å². The summed E-state index contributed by atoms with van der Waals surface area (Å²) in [6.07, 6.45) is 1.44. The van der Waals surface area contributed by atoms with Crippen LogP contribution in [0.1, 0.15) is 11.1 Å². The fraction of sp³-hybridized carbons (Fsp3) is 0.167. The molecule has 1 aromatic heterocycles. The van der Waals surface area contributed by atoms with Gasteiger partial charge in [-0.2, -0.15) is 0 Å². The Labute approximate surface area is 87.8 Å². The summed E-state index contributed by atoms with van der Waals surface area (Å²) in [4.78, 5) is 18.1. The molecule has 3 heteroatoms. The lowest BCUT2D eigenvalue weighted by atomic mass is 10.1. The van der Waals surface area contributed by atoms with Crippen molar-refractivity contribution in [1.82, 2.24) is 9.97 Å². The number of nitrogens with one attached hydrogen (secondary N) is 1. The number of aromatic nitrogens is 2. The Bertz CT molecular complexity index is 526. The molecule has 0 unspecified atom stereocenters. The van der Waals surface area contributed by atoms with Crippen LogP contribution in [0.25, 0.3) is 11.3 Å². The first-order chi connectivity index (χ1) is 7.18. The number of nitrogens with zero attached hydrogens (tertiary/aromatic N) is 1. The molecule has 0 atom stereocenters. The van der Waals surface area contributed by atoms with Crippen LogP contribution in [0.3, 0.4) is 0 Å². The zero-order valence-corrected chi connectivity index (χ0v) is 8.74. The van der Waals surface area contributed by atoms with Gasteiger partial charge in [-0.15, -0.1) is 0 Å². The largest absolute Gasteiger partial charge is 0.313 e. The highest BCUT2D eigenvalue weighted by atomic mass is 16.1. The molecule has 0 saturated heterocycles. The van der Waals surface area contributed by atoms with E-state index in [9.17, 15) is 4.79 Å². The fourth-order valence-electron chi connectivity index (χ4n) is 1.47. The molecular weight excluding hydrogens is 188 g/mol. The normalized spacial score (nSPS) is 10.3. The molecule has 0 bridgehead atoms. The van der Waals surface area contributed by atoms with Crippen molar-refractivity contribution in [2.45, 2.75) is 13.8 Å². The van der Waals surface area contributed by atoms with E-state index in [-0.39, 0.29) is 5.56 Å². The molecule has 3 nitrogen and oxygen atoms in total. The summed E-state index contributed by atoms with van der Waals surface area (Å²) in [6.45, 7) is 3.81. The Morgan fingerprint density at radius 2 is 1.80 bits per heavy atom. The van der Waals surface area contributed by atoms with Crippen LogP contribution in [0.5, 0.6) is 0 Å². The summed E-state index contributed by atoms with van der Waals surface area (Å²) in [5.41, 5.74) is 3.49. The van der Waals surface area contributed by atoms with Crippen LogP contribution in [0, 0.1) is 13.8 Å². The van der Waals surface area contributed by atoms with Crippen molar-refractivity contribution < 1.29 is 0 Å². The average Bonchev–Trinajstić information content (AvgIpc) is 2.24. The fourth-order valence-corrected chi connectivity index (χ4v) is 1.47. The van der Waals surface area contributed by atoms with Crippen molar-refractivity contribution in [2.24, 2.45) is 0 Å². The molecule has 1 aromatic carbocycles. The average molecular weight is 200 g/mol. The van der Waals surface area contributed by atoms with Gasteiger partial charge >= 0.3 is 0 Å². The highest BCUT2D eigenvalue weighted by molar-refractivity contribution is 5.62. The van der Waals surface area contributed by atoms with Gasteiger partial charge in [0.25, 0.3) is 5.56 Å². The standard InChI is InChI=1S/C12H12N2O/c1-8-3-5-10(6-4-8)11-9(2)12(15)14-7-13-11/h3-7H,1-2H3,(H,13,14,15). The van der Waals surface area contributed by atoms with E-state index >= 15 is 0 Å². The number of hydrogen-bond acceptors (Lipinski definition) is 2. The molecule has 0 fully saturated rings. The third kappa shape index (κ3) is 1.81. The number of aryl methyl sites for hydroxylation is 1. The lowest BCUT2D eigenvalue weighted by molar-refractivity contribution is 1.08. The van der Waals surface area contributed by atoms with E-state index in [4.69, 9.17) is 0 Å². The third-order valence-electron chi connectivity index (χ3n) is 2.41. The van der Waals surface area contributed by atoms with Crippen molar-refractivity contribution >= 4 is 0 Å². The second-order valence-corrected chi connectivity index (χ2v) is 3.57. The third-order valence-corrected chi connectivity index (χ3v) is 2.41. The van der Waals surface area contributed by atoms with E-state index in [2.05, 4.69) is 9.97 Å². The summed E-state index contributed by atoms with van der Waals surface area (Å²) in [7, 11) is 0. The van der Waals surface area contributed by atoms with Gasteiger partial charge in [-0.25, -0.2) is 4.98 Å². The Morgan fingerprint density at radius 3 is 2.47 bits per heavy atom. The summed E-state index contributed by atoms with van der Waals surface area (Å²) in [5, 5.41) is 0. The highest BCUT2D eigenvalue weighted by Gasteiger charge is 2.05. The molecule has 76 valence electrons. The van der Waals surface area contributed by atoms with E-state index in [0.29, 0.717) is 5.56 Å². The van der Waals surface area contributed by atoms with Crippen LogP contribution in [-0.4, -0.2) is 9.97 Å². The second kappa shape index (κ2) is 3.69. The molecule has 15 heavy (non-hydrogen) atoms. The maximum absolute atomic E-state index is 11.4. The minimum absolute atomic E-state index is 0.0828. The van der Waals surface area contributed by atoms with Gasteiger partial charge in [0.1, 0.15) is 0 Å². The Balaban J connectivity index is 2.59. The monoisotopic (exact) mass is 200 g/mol. The van der Waals surface area contributed by atoms with Gasteiger partial charge in [0.2, 0.25) is 0 Å².